The lowest BCUT2D eigenvalue weighted by molar-refractivity contribution is -0.293. The van der Waals surface area contributed by atoms with Gasteiger partial charge in [-0.1, -0.05) is 121 Å². The van der Waals surface area contributed by atoms with Crippen LogP contribution in [0.2, 0.25) is 0 Å². The minimum Gasteiger partial charge on any atom is -0.467 e. The third kappa shape index (κ3) is 13.4. The summed E-state index contributed by atoms with van der Waals surface area (Å²) < 4.78 is 61.4. The first-order valence-corrected chi connectivity index (χ1v) is 21.4. The monoisotopic (exact) mass is 902 g/mol. The van der Waals surface area contributed by atoms with E-state index in [0.717, 1.165) is 22.3 Å². The average Bonchev–Trinajstić information content (AvgIpc) is 3.33. The predicted octanol–water partition coefficient (Wildman–Crippen LogP) is 4.90. The third-order valence-corrected chi connectivity index (χ3v) is 11.5. The number of amides is 2. The van der Waals surface area contributed by atoms with E-state index in [1.807, 2.05) is 135 Å². The summed E-state index contributed by atoms with van der Waals surface area (Å²) in [6, 6.07) is 34.4. The van der Waals surface area contributed by atoms with Crippen LogP contribution in [0.15, 0.2) is 121 Å². The largest absolute Gasteiger partial charge is 0.467 e. The molecule has 4 aromatic rings. The van der Waals surface area contributed by atoms with Crippen molar-refractivity contribution in [3.63, 3.8) is 0 Å². The molecule has 4 aromatic carbocycles. The lowest BCUT2D eigenvalue weighted by Crippen LogP contribution is -2.67. The topological polar surface area (TPSA) is 199 Å². The van der Waals surface area contributed by atoms with Gasteiger partial charge in [0.2, 0.25) is 0 Å². The van der Waals surface area contributed by atoms with Gasteiger partial charge in [-0.3, -0.25) is 0 Å². The lowest BCUT2D eigenvalue weighted by atomic mass is 9.84. The first-order valence-electron chi connectivity index (χ1n) is 21.4. The normalized spacial score (nSPS) is 26.1. The van der Waals surface area contributed by atoms with Crippen molar-refractivity contribution in [1.29, 1.82) is 0 Å². The molecule has 16 heteroatoms. The number of carbonyl (C=O) groups is 3. The average molecular weight is 903 g/mol. The Balaban J connectivity index is 0.00000793. The molecule has 0 bridgehead atoms. The van der Waals surface area contributed by atoms with Gasteiger partial charge in [-0.05, 0) is 36.1 Å². The molecular formula is C49H62N2O14. The smallest absolute Gasteiger partial charge is 0.329 e. The molecule has 4 N–H and O–H groups in total. The molecule has 2 amide bonds. The van der Waals surface area contributed by atoms with Gasteiger partial charge in [-0.15, -0.1) is 0 Å². The summed E-state index contributed by atoms with van der Waals surface area (Å²) in [4.78, 5) is 42.5. The number of benzene rings is 4. The van der Waals surface area contributed by atoms with Crippen molar-refractivity contribution in [1.82, 2.24) is 10.6 Å². The molecule has 0 aromatic heterocycles. The summed E-state index contributed by atoms with van der Waals surface area (Å²) in [5.41, 5.74) is 3.55. The molecule has 0 unspecified atom stereocenters. The molecule has 2 fully saturated rings. The van der Waals surface area contributed by atoms with Gasteiger partial charge < -0.3 is 63.5 Å². The highest BCUT2D eigenvalue weighted by Gasteiger charge is 2.54. The minimum absolute atomic E-state index is 0. The number of rotatable bonds is 20. The number of nitrogens with one attached hydrogen (secondary N) is 2. The van der Waals surface area contributed by atoms with E-state index >= 15 is 0 Å². The van der Waals surface area contributed by atoms with Crippen molar-refractivity contribution in [3.8, 4) is 0 Å². The van der Waals surface area contributed by atoms with Crippen molar-refractivity contribution >= 4 is 18.0 Å². The van der Waals surface area contributed by atoms with Gasteiger partial charge >= 0.3 is 18.0 Å². The highest BCUT2D eigenvalue weighted by Crippen LogP contribution is 2.37. The zero-order valence-electron chi connectivity index (χ0n) is 37.6. The molecule has 0 saturated carbocycles. The SMILES string of the molecule is COC(=O)[C@@H](NC(=O)N[C@H](C(=O)OC)[C@@H]1[C@@H](OC)O[C@@H](C)[C@H](OCc2ccccc2)[C@H]1OCc1ccccc1)[C@@H]1[C@@H](OC)O[C@@H](C)[C@H](OCc2ccccc2)[C@H]1OCc1ccccc1.O. The number of carbonyl (C=O) groups excluding carboxylic acids is 3. The number of hydrogen-bond donors (Lipinski definition) is 2. The maximum Gasteiger partial charge on any atom is 0.329 e. The predicted molar refractivity (Wildman–Crippen MR) is 237 cm³/mol. The fraction of sp³-hybridized carbons (Fsp3) is 0.449. The van der Waals surface area contributed by atoms with E-state index in [4.69, 9.17) is 47.4 Å². The van der Waals surface area contributed by atoms with Crippen LogP contribution in [0, 0.1) is 11.8 Å². The van der Waals surface area contributed by atoms with Crippen LogP contribution in [0.4, 0.5) is 4.79 Å². The molecule has 2 aliphatic heterocycles. The molecule has 65 heavy (non-hydrogen) atoms. The number of hydrogen-bond acceptors (Lipinski definition) is 13. The Labute approximate surface area is 380 Å². The molecular weight excluding hydrogens is 841 g/mol. The number of esters is 2. The van der Waals surface area contributed by atoms with Gasteiger partial charge in [0.25, 0.3) is 0 Å². The second kappa shape index (κ2) is 25.4. The molecule has 2 saturated heterocycles. The summed E-state index contributed by atoms with van der Waals surface area (Å²) in [7, 11) is 5.29. The van der Waals surface area contributed by atoms with E-state index in [0.29, 0.717) is 0 Å². The Hall–Kier alpha value is -5.27. The fourth-order valence-electron chi connectivity index (χ4n) is 8.30. The fourth-order valence-corrected chi connectivity index (χ4v) is 8.30. The second-order valence-electron chi connectivity index (χ2n) is 15.7. The van der Waals surface area contributed by atoms with E-state index in [1.54, 1.807) is 0 Å². The Bertz CT molecular complexity index is 1870. The Morgan fingerprint density at radius 2 is 0.754 bits per heavy atom. The Morgan fingerprint density at radius 3 is 1.02 bits per heavy atom. The lowest BCUT2D eigenvalue weighted by Gasteiger charge is -2.47. The zero-order chi connectivity index (χ0) is 45.4. The second-order valence-corrected chi connectivity index (χ2v) is 15.7. The molecule has 352 valence electrons. The van der Waals surface area contributed by atoms with Gasteiger partial charge in [0, 0.05) is 14.2 Å². The third-order valence-electron chi connectivity index (χ3n) is 11.5. The van der Waals surface area contributed by atoms with E-state index in [9.17, 15) is 14.4 Å². The highest BCUT2D eigenvalue weighted by molar-refractivity contribution is 5.87. The molecule has 16 nitrogen and oxygen atoms in total. The molecule has 0 spiro atoms. The van der Waals surface area contributed by atoms with Gasteiger partial charge in [0.1, 0.15) is 24.3 Å². The van der Waals surface area contributed by atoms with Crippen LogP contribution >= 0.6 is 0 Å². The summed E-state index contributed by atoms with van der Waals surface area (Å²) in [5, 5.41) is 5.56. The van der Waals surface area contributed by atoms with E-state index < -0.39 is 91.1 Å². The van der Waals surface area contributed by atoms with Crippen LogP contribution in [0.1, 0.15) is 36.1 Å². The standard InChI is InChI=1S/C49H60N2O13.H2O/c1-31-41(59-27-33-19-11-7-12-20-33)43(61-29-35-23-15-9-16-24-35)37(47(57-5)63-31)39(45(52)55-3)50-49(54)51-40(46(53)56-4)38-44(62-30-36-25-17-10-18-26-36)42(32(2)64-48(38)58-6)60-28-34-21-13-8-14-22-34;/h7-26,31-32,37-44,47-48H,27-30H2,1-6H3,(H2,50,51,54);1H2/t31-,32-,37-,38-,39-,40-,41-,42-,43-,44-,47-,48-;/m0./s1. The van der Waals surface area contributed by atoms with Gasteiger partial charge in [-0.2, -0.15) is 0 Å². The quantitative estimate of drug-likeness (QED) is 0.114. The zero-order valence-corrected chi connectivity index (χ0v) is 37.6. The van der Waals surface area contributed by atoms with Crippen LogP contribution in [-0.2, 0) is 83.4 Å². The number of ether oxygens (including phenoxy) is 10. The number of urea groups is 1. The molecule has 2 aliphatic rings. The van der Waals surface area contributed by atoms with Crippen molar-refractivity contribution in [2.24, 2.45) is 11.8 Å². The van der Waals surface area contributed by atoms with Crippen LogP contribution < -0.4 is 10.6 Å². The Morgan fingerprint density at radius 1 is 0.477 bits per heavy atom. The van der Waals surface area contributed by atoms with Gasteiger partial charge in [-0.25, -0.2) is 14.4 Å². The first kappa shape index (κ1) is 50.7. The van der Waals surface area contributed by atoms with Crippen molar-refractivity contribution < 1.29 is 67.2 Å². The van der Waals surface area contributed by atoms with E-state index in [-0.39, 0.29) is 31.9 Å². The van der Waals surface area contributed by atoms with Gasteiger partial charge in [0.15, 0.2) is 12.6 Å². The first-order chi connectivity index (χ1) is 31.1. The molecule has 2 heterocycles. The Kier molecular flexibility index (Phi) is 19.8. The van der Waals surface area contributed by atoms with Gasteiger partial charge in [0.05, 0.1) is 76.9 Å². The van der Waals surface area contributed by atoms with Crippen LogP contribution in [-0.4, -0.2) is 113 Å². The van der Waals surface area contributed by atoms with E-state index in [2.05, 4.69) is 10.6 Å². The highest BCUT2D eigenvalue weighted by atomic mass is 16.7. The molecule has 12 atom stereocenters. The minimum atomic E-state index is -1.46. The van der Waals surface area contributed by atoms with Crippen LogP contribution in [0.3, 0.4) is 0 Å². The summed E-state index contributed by atoms with van der Waals surface area (Å²) in [6.45, 7) is 4.35. The van der Waals surface area contributed by atoms with Crippen LogP contribution in [0.5, 0.6) is 0 Å². The van der Waals surface area contributed by atoms with Crippen molar-refractivity contribution in [2.75, 3.05) is 28.4 Å². The maximum atomic E-state index is 14.5. The molecule has 0 radical (unpaired) electrons. The molecule has 0 aliphatic carbocycles. The van der Waals surface area contributed by atoms with Crippen LogP contribution in [0.25, 0.3) is 0 Å². The van der Waals surface area contributed by atoms with Crippen molar-refractivity contribution in [3.05, 3.63) is 144 Å². The summed E-state index contributed by atoms with van der Waals surface area (Å²) in [5.74, 6) is -3.73. The summed E-state index contributed by atoms with van der Waals surface area (Å²) in [6.07, 6.45) is -6.63. The molecule has 6 rings (SSSR count). The number of methoxy groups -OCH3 is 4. The van der Waals surface area contributed by atoms with E-state index in [1.165, 1.54) is 28.4 Å². The maximum absolute atomic E-state index is 14.5. The summed E-state index contributed by atoms with van der Waals surface area (Å²) >= 11 is 0. The van der Waals surface area contributed by atoms with Crippen molar-refractivity contribution in [2.45, 2.75) is 102 Å².